The molecule has 1 aliphatic rings. The van der Waals surface area contributed by atoms with Gasteiger partial charge < -0.3 is 4.90 Å². The van der Waals surface area contributed by atoms with E-state index in [9.17, 15) is 13.2 Å². The van der Waals surface area contributed by atoms with E-state index in [4.69, 9.17) is 0 Å². The lowest BCUT2D eigenvalue weighted by molar-refractivity contribution is -0.117. The molecule has 0 aromatic heterocycles. The van der Waals surface area contributed by atoms with Gasteiger partial charge in [0, 0.05) is 11.7 Å². The molecule has 0 bridgehead atoms. The Bertz CT molecular complexity index is 850. The summed E-state index contributed by atoms with van der Waals surface area (Å²) in [5, 5.41) is 0. The number of nitrogens with zero attached hydrogens (tertiary/aromatic N) is 2. The highest BCUT2D eigenvalue weighted by Crippen LogP contribution is 2.32. The fraction of sp³-hybridized carbons (Fsp3) is 0.278. The Balaban J connectivity index is 1.90. The van der Waals surface area contributed by atoms with Crippen LogP contribution in [0.3, 0.4) is 0 Å². The molecule has 6 heteroatoms. The summed E-state index contributed by atoms with van der Waals surface area (Å²) in [6.45, 7) is 1.77. The summed E-state index contributed by atoms with van der Waals surface area (Å²) in [5.74, 6) is -0.221. The van der Waals surface area contributed by atoms with E-state index < -0.39 is 10.0 Å². The number of anilines is 2. The highest BCUT2D eigenvalue weighted by Gasteiger charge is 2.32. The zero-order valence-corrected chi connectivity index (χ0v) is 14.5. The third-order valence-electron chi connectivity index (χ3n) is 4.20. The number of fused-ring (bicyclic) bond motifs is 1. The maximum absolute atomic E-state index is 12.9. The van der Waals surface area contributed by atoms with Gasteiger partial charge in [-0.1, -0.05) is 36.4 Å². The van der Waals surface area contributed by atoms with Crippen molar-refractivity contribution in [3.8, 4) is 0 Å². The summed E-state index contributed by atoms with van der Waals surface area (Å²) >= 11 is 0. The highest BCUT2D eigenvalue weighted by atomic mass is 32.2. The van der Waals surface area contributed by atoms with Gasteiger partial charge in [0.15, 0.2) is 0 Å². The third-order valence-corrected chi connectivity index (χ3v) is 5.34. The first kappa shape index (κ1) is 16.5. The first-order chi connectivity index (χ1) is 11.4. The Hall–Kier alpha value is -2.34. The minimum atomic E-state index is -3.55. The average Bonchev–Trinajstić information content (AvgIpc) is 2.88. The van der Waals surface area contributed by atoms with Crippen molar-refractivity contribution in [1.82, 2.24) is 0 Å². The molecule has 5 nitrogen and oxygen atoms in total. The van der Waals surface area contributed by atoms with Crippen molar-refractivity contribution in [2.24, 2.45) is 0 Å². The number of amides is 1. The summed E-state index contributed by atoms with van der Waals surface area (Å²) < 4.78 is 25.5. The van der Waals surface area contributed by atoms with Gasteiger partial charge in [0.1, 0.15) is 6.54 Å². The van der Waals surface area contributed by atoms with Gasteiger partial charge in [-0.25, -0.2) is 8.42 Å². The van der Waals surface area contributed by atoms with Crippen LogP contribution in [0.25, 0.3) is 0 Å². The molecular formula is C18H20N2O3S. The van der Waals surface area contributed by atoms with E-state index in [0.29, 0.717) is 5.69 Å². The van der Waals surface area contributed by atoms with Crippen LogP contribution in [0.15, 0.2) is 54.6 Å². The van der Waals surface area contributed by atoms with Crippen LogP contribution in [-0.2, 0) is 21.2 Å². The number of rotatable bonds is 4. The van der Waals surface area contributed by atoms with Gasteiger partial charge in [-0.05, 0) is 37.1 Å². The van der Waals surface area contributed by atoms with Crippen molar-refractivity contribution in [2.45, 2.75) is 19.4 Å². The van der Waals surface area contributed by atoms with Crippen LogP contribution in [0.1, 0.15) is 12.5 Å². The fourth-order valence-electron chi connectivity index (χ4n) is 3.14. The number of hydrogen-bond donors (Lipinski definition) is 0. The predicted molar refractivity (Wildman–Crippen MR) is 95.7 cm³/mol. The van der Waals surface area contributed by atoms with Crippen LogP contribution in [0, 0.1) is 0 Å². The van der Waals surface area contributed by atoms with Crippen LogP contribution >= 0.6 is 0 Å². The van der Waals surface area contributed by atoms with Crippen LogP contribution < -0.4 is 9.21 Å². The largest absolute Gasteiger partial charge is 0.307 e. The smallest absolute Gasteiger partial charge is 0.248 e. The minimum absolute atomic E-state index is 0.0204. The predicted octanol–water partition coefficient (Wildman–Crippen LogP) is 2.43. The molecule has 1 atom stereocenters. The highest BCUT2D eigenvalue weighted by molar-refractivity contribution is 7.92. The molecule has 0 saturated carbocycles. The van der Waals surface area contributed by atoms with Crippen molar-refractivity contribution >= 4 is 27.3 Å². The second-order valence-electron chi connectivity index (χ2n) is 6.05. The maximum Gasteiger partial charge on any atom is 0.248 e. The van der Waals surface area contributed by atoms with E-state index >= 15 is 0 Å². The second-order valence-corrected chi connectivity index (χ2v) is 7.96. The fourth-order valence-corrected chi connectivity index (χ4v) is 3.99. The molecule has 1 aliphatic heterocycles. The molecule has 3 rings (SSSR count). The molecule has 24 heavy (non-hydrogen) atoms. The van der Waals surface area contributed by atoms with E-state index in [2.05, 4.69) is 0 Å². The zero-order chi connectivity index (χ0) is 17.3. The van der Waals surface area contributed by atoms with Gasteiger partial charge in [0.25, 0.3) is 0 Å². The average molecular weight is 344 g/mol. The first-order valence-corrected chi connectivity index (χ1v) is 9.65. The lowest BCUT2D eigenvalue weighted by atomic mass is 10.1. The molecule has 0 saturated heterocycles. The summed E-state index contributed by atoms with van der Waals surface area (Å²) in [4.78, 5) is 14.6. The van der Waals surface area contributed by atoms with Gasteiger partial charge in [0.05, 0.1) is 11.9 Å². The number of sulfonamides is 1. The van der Waals surface area contributed by atoms with E-state index in [0.717, 1.165) is 28.2 Å². The number of carbonyl (C=O) groups is 1. The van der Waals surface area contributed by atoms with Crippen molar-refractivity contribution in [3.63, 3.8) is 0 Å². The van der Waals surface area contributed by atoms with Gasteiger partial charge >= 0.3 is 0 Å². The molecule has 2 aromatic carbocycles. The van der Waals surface area contributed by atoms with Gasteiger partial charge in [-0.15, -0.1) is 0 Å². The molecule has 2 aromatic rings. The second kappa shape index (κ2) is 6.28. The summed E-state index contributed by atoms with van der Waals surface area (Å²) in [7, 11) is -3.55. The zero-order valence-electron chi connectivity index (χ0n) is 13.7. The van der Waals surface area contributed by atoms with Crippen LogP contribution in [-0.4, -0.2) is 33.2 Å². The molecule has 1 heterocycles. The number of benzene rings is 2. The summed E-state index contributed by atoms with van der Waals surface area (Å²) in [6.07, 6.45) is 1.90. The molecule has 0 spiro atoms. The molecule has 0 radical (unpaired) electrons. The quantitative estimate of drug-likeness (QED) is 0.856. The lowest BCUT2D eigenvalue weighted by Crippen LogP contribution is -2.45. The Morgan fingerprint density at radius 3 is 2.42 bits per heavy atom. The van der Waals surface area contributed by atoms with E-state index in [1.54, 1.807) is 29.2 Å². The standard InChI is InChI=1S/C18H20N2O3S/c1-14-12-15-8-6-7-11-17(15)20(14)18(21)13-19(24(2,22)23)16-9-4-3-5-10-16/h3-11,14H,12-13H2,1-2H3. The first-order valence-electron chi connectivity index (χ1n) is 7.80. The van der Waals surface area contributed by atoms with Gasteiger partial charge in [-0.3, -0.25) is 9.10 Å². The SMILES string of the molecule is CC1Cc2ccccc2N1C(=O)CN(c1ccccc1)S(C)(=O)=O. The van der Waals surface area contributed by atoms with E-state index in [1.807, 2.05) is 37.3 Å². The van der Waals surface area contributed by atoms with E-state index in [1.165, 1.54) is 0 Å². The Kier molecular flexibility index (Phi) is 4.32. The van der Waals surface area contributed by atoms with Crippen molar-refractivity contribution in [1.29, 1.82) is 0 Å². The summed E-state index contributed by atoms with van der Waals surface area (Å²) in [5.41, 5.74) is 2.48. The Morgan fingerprint density at radius 2 is 1.75 bits per heavy atom. The topological polar surface area (TPSA) is 57.7 Å². The van der Waals surface area contributed by atoms with Crippen molar-refractivity contribution in [2.75, 3.05) is 22.0 Å². The van der Waals surface area contributed by atoms with Crippen LogP contribution in [0.4, 0.5) is 11.4 Å². The number of hydrogen-bond acceptors (Lipinski definition) is 3. The maximum atomic E-state index is 12.9. The molecular weight excluding hydrogens is 324 g/mol. The molecule has 126 valence electrons. The van der Waals surface area contributed by atoms with Gasteiger partial charge in [0.2, 0.25) is 15.9 Å². The minimum Gasteiger partial charge on any atom is -0.307 e. The molecule has 0 N–H and O–H groups in total. The molecule has 1 unspecified atom stereocenters. The molecule has 1 amide bonds. The summed E-state index contributed by atoms with van der Waals surface area (Å²) in [6, 6.07) is 16.5. The van der Waals surface area contributed by atoms with Crippen molar-refractivity contribution < 1.29 is 13.2 Å². The molecule has 0 fully saturated rings. The lowest BCUT2D eigenvalue weighted by Gasteiger charge is -2.27. The third kappa shape index (κ3) is 3.14. The monoisotopic (exact) mass is 344 g/mol. The van der Waals surface area contributed by atoms with Crippen LogP contribution in [0.5, 0.6) is 0 Å². The van der Waals surface area contributed by atoms with E-state index in [-0.39, 0.29) is 18.5 Å². The number of carbonyl (C=O) groups excluding carboxylic acids is 1. The Labute approximate surface area is 142 Å². The number of para-hydroxylation sites is 2. The van der Waals surface area contributed by atoms with Gasteiger partial charge in [-0.2, -0.15) is 0 Å². The molecule has 0 aliphatic carbocycles. The normalized spacial score (nSPS) is 16.8. The van der Waals surface area contributed by atoms with Crippen LogP contribution in [0.2, 0.25) is 0 Å². The Morgan fingerprint density at radius 1 is 1.12 bits per heavy atom. The van der Waals surface area contributed by atoms with Crippen molar-refractivity contribution in [3.05, 3.63) is 60.2 Å².